The molecule has 0 fully saturated rings. The Bertz CT molecular complexity index is 1100. The summed E-state index contributed by atoms with van der Waals surface area (Å²) in [5, 5.41) is 3.23. The van der Waals surface area contributed by atoms with Crippen molar-refractivity contribution in [2.24, 2.45) is 0 Å². The highest BCUT2D eigenvalue weighted by molar-refractivity contribution is 5.94. The van der Waals surface area contributed by atoms with Gasteiger partial charge in [0.2, 0.25) is 5.91 Å². The van der Waals surface area contributed by atoms with E-state index in [0.29, 0.717) is 33.5 Å². The van der Waals surface area contributed by atoms with Crippen molar-refractivity contribution in [1.29, 1.82) is 0 Å². The summed E-state index contributed by atoms with van der Waals surface area (Å²) in [6.45, 7) is 3.31. The minimum Gasteiger partial charge on any atom is -0.465 e. The summed E-state index contributed by atoms with van der Waals surface area (Å²) in [6.07, 6.45) is 0. The van der Waals surface area contributed by atoms with E-state index in [0.717, 1.165) is 0 Å². The summed E-state index contributed by atoms with van der Waals surface area (Å²) in [5.41, 5.74) is 2.02. The fourth-order valence-corrected chi connectivity index (χ4v) is 2.85. The molecule has 138 valence electrons. The van der Waals surface area contributed by atoms with Crippen LogP contribution in [0.15, 0.2) is 47.3 Å². The average Bonchev–Trinajstić information content (AvgIpc) is 2.66. The van der Waals surface area contributed by atoms with Gasteiger partial charge in [0.1, 0.15) is 12.4 Å². The number of amides is 1. The first-order chi connectivity index (χ1) is 12.9. The second-order valence-corrected chi connectivity index (χ2v) is 6.14. The molecule has 3 rings (SSSR count). The number of methoxy groups -OCH3 is 1. The van der Waals surface area contributed by atoms with Crippen LogP contribution in [-0.4, -0.2) is 28.5 Å². The monoisotopic (exact) mass is 365 g/mol. The van der Waals surface area contributed by atoms with Gasteiger partial charge in [-0.2, -0.15) is 0 Å². The van der Waals surface area contributed by atoms with Crippen molar-refractivity contribution < 1.29 is 14.3 Å². The molecule has 0 saturated carbocycles. The summed E-state index contributed by atoms with van der Waals surface area (Å²) < 4.78 is 6.02. The van der Waals surface area contributed by atoms with Gasteiger partial charge in [-0.15, -0.1) is 0 Å². The number of carbonyl (C=O) groups excluding carboxylic acids is 2. The predicted octanol–water partition coefficient (Wildman–Crippen LogP) is 2.44. The van der Waals surface area contributed by atoms with E-state index >= 15 is 0 Å². The van der Waals surface area contributed by atoms with Gasteiger partial charge in [0.25, 0.3) is 5.56 Å². The van der Waals surface area contributed by atoms with E-state index in [9.17, 15) is 14.4 Å². The van der Waals surface area contributed by atoms with Gasteiger partial charge in [0.15, 0.2) is 0 Å². The number of carbonyl (C=O) groups is 2. The van der Waals surface area contributed by atoms with Crippen molar-refractivity contribution in [2.45, 2.75) is 20.4 Å². The topological polar surface area (TPSA) is 90.3 Å². The smallest absolute Gasteiger partial charge is 0.337 e. The van der Waals surface area contributed by atoms with Crippen molar-refractivity contribution in [2.75, 3.05) is 12.4 Å². The molecular formula is C20H19N3O4. The zero-order chi connectivity index (χ0) is 19.6. The number of nitrogens with zero attached hydrogens (tertiary/aromatic N) is 2. The largest absolute Gasteiger partial charge is 0.465 e. The van der Waals surface area contributed by atoms with Gasteiger partial charge in [-0.1, -0.05) is 12.1 Å². The molecule has 0 saturated heterocycles. The number of benzene rings is 2. The van der Waals surface area contributed by atoms with E-state index in [1.165, 1.54) is 11.7 Å². The van der Waals surface area contributed by atoms with Gasteiger partial charge in [0.05, 0.1) is 23.6 Å². The van der Waals surface area contributed by atoms with E-state index in [4.69, 9.17) is 0 Å². The van der Waals surface area contributed by atoms with E-state index < -0.39 is 5.97 Å². The fraction of sp³-hybridized carbons (Fsp3) is 0.200. The van der Waals surface area contributed by atoms with Crippen molar-refractivity contribution in [3.8, 4) is 0 Å². The minimum absolute atomic E-state index is 0.152. The maximum atomic E-state index is 12.6. The Morgan fingerprint density at radius 3 is 2.59 bits per heavy atom. The van der Waals surface area contributed by atoms with Crippen LogP contribution in [0.1, 0.15) is 21.7 Å². The third-order valence-corrected chi connectivity index (χ3v) is 4.28. The summed E-state index contributed by atoms with van der Waals surface area (Å²) in [4.78, 5) is 41.1. The van der Waals surface area contributed by atoms with Crippen LogP contribution in [0.5, 0.6) is 0 Å². The molecule has 27 heavy (non-hydrogen) atoms. The zero-order valence-corrected chi connectivity index (χ0v) is 15.3. The van der Waals surface area contributed by atoms with Crippen LogP contribution < -0.4 is 10.9 Å². The van der Waals surface area contributed by atoms with E-state index in [-0.39, 0.29) is 18.0 Å². The molecule has 0 aliphatic rings. The number of hydrogen-bond donors (Lipinski definition) is 1. The molecule has 0 spiro atoms. The number of nitrogens with one attached hydrogen (secondary N) is 1. The summed E-state index contributed by atoms with van der Waals surface area (Å²) >= 11 is 0. The molecule has 1 aromatic heterocycles. The van der Waals surface area contributed by atoms with Crippen LogP contribution in [0, 0.1) is 13.8 Å². The van der Waals surface area contributed by atoms with Crippen molar-refractivity contribution >= 4 is 28.5 Å². The highest BCUT2D eigenvalue weighted by Gasteiger charge is 2.13. The Kier molecular flexibility index (Phi) is 5.03. The maximum Gasteiger partial charge on any atom is 0.337 e. The SMILES string of the molecule is COC(=O)c1ccc(NC(=O)Cn2c(C)nc3ccccc3c2=O)c(C)c1. The van der Waals surface area contributed by atoms with Gasteiger partial charge in [-0.05, 0) is 49.7 Å². The third kappa shape index (κ3) is 3.72. The first kappa shape index (κ1) is 18.3. The Labute approximate surface area is 155 Å². The maximum absolute atomic E-state index is 12.6. The molecule has 7 nitrogen and oxygen atoms in total. The lowest BCUT2D eigenvalue weighted by Gasteiger charge is -2.13. The number of hydrogen-bond acceptors (Lipinski definition) is 5. The molecule has 1 amide bonds. The molecule has 0 aliphatic carbocycles. The highest BCUT2D eigenvalue weighted by Crippen LogP contribution is 2.17. The minimum atomic E-state index is -0.444. The second-order valence-electron chi connectivity index (χ2n) is 6.14. The van der Waals surface area contributed by atoms with Gasteiger partial charge >= 0.3 is 5.97 Å². The number of para-hydroxylation sites is 1. The number of rotatable bonds is 4. The van der Waals surface area contributed by atoms with Crippen LogP contribution in [0.2, 0.25) is 0 Å². The Hall–Kier alpha value is -3.48. The fourth-order valence-electron chi connectivity index (χ4n) is 2.85. The third-order valence-electron chi connectivity index (χ3n) is 4.28. The average molecular weight is 365 g/mol. The molecule has 2 aromatic carbocycles. The standard InChI is InChI=1S/C20H19N3O4/c1-12-10-14(20(26)27-3)8-9-16(12)22-18(24)11-23-13(2)21-17-7-5-4-6-15(17)19(23)25/h4-10H,11H2,1-3H3,(H,22,24). The van der Waals surface area contributed by atoms with Crippen molar-refractivity contribution in [3.05, 3.63) is 69.8 Å². The van der Waals surface area contributed by atoms with Gasteiger partial charge < -0.3 is 10.1 Å². The lowest BCUT2D eigenvalue weighted by atomic mass is 10.1. The van der Waals surface area contributed by atoms with Gasteiger partial charge in [0, 0.05) is 5.69 Å². The quantitative estimate of drug-likeness (QED) is 0.717. The van der Waals surface area contributed by atoms with E-state index in [2.05, 4.69) is 15.0 Å². The van der Waals surface area contributed by atoms with E-state index in [1.54, 1.807) is 50.2 Å². The van der Waals surface area contributed by atoms with Crippen LogP contribution in [-0.2, 0) is 16.1 Å². The number of ether oxygens (including phenoxy) is 1. The van der Waals surface area contributed by atoms with Crippen LogP contribution >= 0.6 is 0 Å². The summed E-state index contributed by atoms with van der Waals surface area (Å²) in [7, 11) is 1.31. The normalized spacial score (nSPS) is 10.6. The number of aromatic nitrogens is 2. The van der Waals surface area contributed by atoms with E-state index in [1.807, 2.05) is 6.07 Å². The molecule has 7 heteroatoms. The first-order valence-electron chi connectivity index (χ1n) is 8.35. The lowest BCUT2D eigenvalue weighted by Crippen LogP contribution is -2.30. The van der Waals surface area contributed by atoms with Crippen LogP contribution in [0.3, 0.4) is 0 Å². The van der Waals surface area contributed by atoms with Crippen LogP contribution in [0.25, 0.3) is 10.9 Å². The Morgan fingerprint density at radius 2 is 1.89 bits per heavy atom. The second kappa shape index (κ2) is 7.41. The molecule has 0 bridgehead atoms. The Morgan fingerprint density at radius 1 is 1.15 bits per heavy atom. The molecule has 0 aliphatic heterocycles. The number of esters is 1. The highest BCUT2D eigenvalue weighted by atomic mass is 16.5. The van der Waals surface area contributed by atoms with Crippen molar-refractivity contribution in [3.63, 3.8) is 0 Å². The van der Waals surface area contributed by atoms with Gasteiger partial charge in [-0.25, -0.2) is 9.78 Å². The molecule has 1 heterocycles. The molecule has 0 atom stereocenters. The first-order valence-corrected chi connectivity index (χ1v) is 8.35. The molecule has 0 unspecified atom stereocenters. The van der Waals surface area contributed by atoms with Crippen molar-refractivity contribution in [1.82, 2.24) is 9.55 Å². The molecule has 0 radical (unpaired) electrons. The Balaban J connectivity index is 1.84. The number of aryl methyl sites for hydroxylation is 2. The molecular weight excluding hydrogens is 346 g/mol. The zero-order valence-electron chi connectivity index (χ0n) is 15.3. The summed E-state index contributed by atoms with van der Waals surface area (Å²) in [5.74, 6) is -0.335. The lowest BCUT2D eigenvalue weighted by molar-refractivity contribution is -0.116. The number of fused-ring (bicyclic) bond motifs is 1. The predicted molar refractivity (Wildman–Crippen MR) is 102 cm³/mol. The number of anilines is 1. The van der Waals surface area contributed by atoms with Gasteiger partial charge in [-0.3, -0.25) is 14.2 Å². The molecule has 1 N–H and O–H groups in total. The van der Waals surface area contributed by atoms with Crippen LogP contribution in [0.4, 0.5) is 5.69 Å². The summed E-state index contributed by atoms with van der Waals surface area (Å²) in [6, 6.07) is 11.9. The molecule has 3 aromatic rings.